The summed E-state index contributed by atoms with van der Waals surface area (Å²) in [6.07, 6.45) is 0. The average Bonchev–Trinajstić information content (AvgIpc) is 2.58. The molecule has 1 aromatic rings. The Balaban J connectivity index is 2.16. The van der Waals surface area contributed by atoms with Crippen molar-refractivity contribution in [1.29, 1.82) is 0 Å². The summed E-state index contributed by atoms with van der Waals surface area (Å²) in [6, 6.07) is 4.81. The number of morpholine rings is 1. The van der Waals surface area contributed by atoms with Crippen LogP contribution in [-0.2, 0) is 10.3 Å². The van der Waals surface area contributed by atoms with Crippen LogP contribution in [0.15, 0.2) is 12.1 Å². The van der Waals surface area contributed by atoms with Gasteiger partial charge in [-0.05, 0) is 32.9 Å². The number of hydrogen-bond acceptors (Lipinski definition) is 3. The Bertz CT molecular complexity index is 313. The molecule has 2 unspecified atom stereocenters. The fourth-order valence-electron chi connectivity index (χ4n) is 1.66. The van der Waals surface area contributed by atoms with Gasteiger partial charge in [-0.3, -0.25) is 0 Å². The van der Waals surface area contributed by atoms with E-state index in [4.69, 9.17) is 4.74 Å². The average molecular weight is 211 g/mol. The predicted octanol–water partition coefficient (Wildman–Crippen LogP) is 2.28. The molecule has 2 atom stereocenters. The van der Waals surface area contributed by atoms with E-state index in [1.54, 1.807) is 0 Å². The van der Waals surface area contributed by atoms with Gasteiger partial charge in [-0.2, -0.15) is 0 Å². The number of nitrogens with one attached hydrogen (secondary N) is 1. The normalized spacial score (nSPS) is 33.2. The van der Waals surface area contributed by atoms with Crippen LogP contribution in [0.2, 0.25) is 0 Å². The van der Waals surface area contributed by atoms with E-state index in [2.05, 4.69) is 38.2 Å². The second-order valence-corrected chi connectivity index (χ2v) is 5.52. The summed E-state index contributed by atoms with van der Waals surface area (Å²) in [7, 11) is 0. The zero-order valence-corrected chi connectivity index (χ0v) is 9.78. The van der Waals surface area contributed by atoms with Crippen molar-refractivity contribution in [3.05, 3.63) is 21.9 Å². The van der Waals surface area contributed by atoms with Crippen LogP contribution in [0.4, 0.5) is 0 Å². The molecule has 0 aliphatic carbocycles. The third-order valence-corrected chi connectivity index (χ3v) is 3.95. The highest BCUT2D eigenvalue weighted by molar-refractivity contribution is 7.12. The van der Waals surface area contributed by atoms with E-state index in [0.29, 0.717) is 6.04 Å². The molecule has 0 bridgehead atoms. The first-order valence-electron chi connectivity index (χ1n) is 5.04. The molecule has 78 valence electrons. The van der Waals surface area contributed by atoms with Crippen molar-refractivity contribution in [1.82, 2.24) is 5.32 Å². The SMILES string of the molecule is Cc1ccc(C2(C)CNC(C)CO2)s1. The van der Waals surface area contributed by atoms with E-state index in [1.165, 1.54) is 9.75 Å². The molecule has 1 fully saturated rings. The molecule has 0 radical (unpaired) electrons. The Morgan fingerprint density at radius 3 is 2.86 bits per heavy atom. The van der Waals surface area contributed by atoms with Crippen molar-refractivity contribution in [2.24, 2.45) is 0 Å². The van der Waals surface area contributed by atoms with E-state index in [1.807, 2.05) is 11.3 Å². The number of hydrogen-bond donors (Lipinski definition) is 1. The highest BCUT2D eigenvalue weighted by Gasteiger charge is 2.33. The van der Waals surface area contributed by atoms with Crippen molar-refractivity contribution >= 4 is 11.3 Å². The Kier molecular flexibility index (Phi) is 2.64. The summed E-state index contributed by atoms with van der Waals surface area (Å²) in [5.74, 6) is 0. The summed E-state index contributed by atoms with van der Waals surface area (Å²) in [6.45, 7) is 8.16. The van der Waals surface area contributed by atoms with Gasteiger partial charge >= 0.3 is 0 Å². The molecule has 2 nitrogen and oxygen atoms in total. The minimum atomic E-state index is -0.120. The van der Waals surface area contributed by atoms with Crippen molar-refractivity contribution in [3.8, 4) is 0 Å². The Hall–Kier alpha value is -0.380. The van der Waals surface area contributed by atoms with Crippen molar-refractivity contribution in [2.45, 2.75) is 32.4 Å². The van der Waals surface area contributed by atoms with Crippen LogP contribution < -0.4 is 5.32 Å². The molecule has 2 rings (SSSR count). The van der Waals surface area contributed by atoms with Crippen LogP contribution in [-0.4, -0.2) is 19.2 Å². The predicted molar refractivity (Wildman–Crippen MR) is 59.8 cm³/mol. The maximum Gasteiger partial charge on any atom is 0.112 e. The summed E-state index contributed by atoms with van der Waals surface area (Å²) >= 11 is 1.83. The van der Waals surface area contributed by atoms with Gasteiger partial charge in [-0.25, -0.2) is 0 Å². The molecule has 14 heavy (non-hydrogen) atoms. The van der Waals surface area contributed by atoms with Gasteiger partial charge in [-0.15, -0.1) is 11.3 Å². The van der Waals surface area contributed by atoms with Gasteiger partial charge in [0.05, 0.1) is 6.61 Å². The Morgan fingerprint density at radius 1 is 1.57 bits per heavy atom. The molecule has 1 saturated heterocycles. The van der Waals surface area contributed by atoms with Crippen LogP contribution in [0, 0.1) is 6.92 Å². The zero-order valence-electron chi connectivity index (χ0n) is 8.96. The van der Waals surface area contributed by atoms with Crippen LogP contribution in [0.3, 0.4) is 0 Å². The second kappa shape index (κ2) is 3.65. The molecule has 3 heteroatoms. The lowest BCUT2D eigenvalue weighted by Gasteiger charge is -2.36. The second-order valence-electron chi connectivity index (χ2n) is 4.23. The highest BCUT2D eigenvalue weighted by atomic mass is 32.1. The van der Waals surface area contributed by atoms with Crippen LogP contribution in [0.1, 0.15) is 23.6 Å². The number of ether oxygens (including phenoxy) is 1. The summed E-state index contributed by atoms with van der Waals surface area (Å²) < 4.78 is 5.92. The van der Waals surface area contributed by atoms with Gasteiger partial charge in [0.1, 0.15) is 5.60 Å². The first kappa shape index (κ1) is 10.1. The molecule has 0 aromatic carbocycles. The van der Waals surface area contributed by atoms with Crippen LogP contribution in [0.5, 0.6) is 0 Å². The van der Waals surface area contributed by atoms with E-state index in [-0.39, 0.29) is 5.60 Å². The molecule has 1 aliphatic heterocycles. The third-order valence-electron chi connectivity index (χ3n) is 2.70. The molecule has 1 N–H and O–H groups in total. The minimum absolute atomic E-state index is 0.120. The quantitative estimate of drug-likeness (QED) is 0.769. The van der Waals surface area contributed by atoms with E-state index in [0.717, 1.165) is 13.2 Å². The molecular formula is C11H17NOS. The minimum Gasteiger partial charge on any atom is -0.367 e. The molecule has 1 aliphatic rings. The molecule has 0 spiro atoms. The van der Waals surface area contributed by atoms with Gasteiger partial charge in [0.2, 0.25) is 0 Å². The van der Waals surface area contributed by atoms with Gasteiger partial charge in [0, 0.05) is 22.3 Å². The first-order valence-corrected chi connectivity index (χ1v) is 5.86. The lowest BCUT2D eigenvalue weighted by Crippen LogP contribution is -2.49. The maximum atomic E-state index is 5.92. The largest absolute Gasteiger partial charge is 0.367 e. The molecular weight excluding hydrogens is 194 g/mol. The van der Waals surface area contributed by atoms with Gasteiger partial charge < -0.3 is 10.1 Å². The number of aryl methyl sites for hydroxylation is 1. The van der Waals surface area contributed by atoms with E-state index >= 15 is 0 Å². The topological polar surface area (TPSA) is 21.3 Å². The number of thiophene rings is 1. The summed E-state index contributed by atoms with van der Waals surface area (Å²) in [5, 5.41) is 3.46. The van der Waals surface area contributed by atoms with Gasteiger partial charge in [-0.1, -0.05) is 0 Å². The summed E-state index contributed by atoms with van der Waals surface area (Å²) in [5.41, 5.74) is -0.120. The van der Waals surface area contributed by atoms with Crippen LogP contribution in [0.25, 0.3) is 0 Å². The molecule has 2 heterocycles. The third kappa shape index (κ3) is 1.85. The highest BCUT2D eigenvalue weighted by Crippen LogP contribution is 2.32. The fraction of sp³-hybridized carbons (Fsp3) is 0.636. The Morgan fingerprint density at radius 2 is 2.36 bits per heavy atom. The molecule has 0 saturated carbocycles. The monoisotopic (exact) mass is 211 g/mol. The maximum absolute atomic E-state index is 5.92. The van der Waals surface area contributed by atoms with Gasteiger partial charge in [0.15, 0.2) is 0 Å². The zero-order chi connectivity index (χ0) is 10.2. The van der Waals surface area contributed by atoms with Crippen molar-refractivity contribution < 1.29 is 4.74 Å². The van der Waals surface area contributed by atoms with Gasteiger partial charge in [0.25, 0.3) is 0 Å². The van der Waals surface area contributed by atoms with E-state index in [9.17, 15) is 0 Å². The fourth-order valence-corrected chi connectivity index (χ4v) is 2.63. The summed E-state index contributed by atoms with van der Waals surface area (Å²) in [4.78, 5) is 2.68. The smallest absolute Gasteiger partial charge is 0.112 e. The van der Waals surface area contributed by atoms with Crippen molar-refractivity contribution in [3.63, 3.8) is 0 Å². The molecule has 0 amide bonds. The lowest BCUT2D eigenvalue weighted by molar-refractivity contribution is -0.0704. The first-order chi connectivity index (χ1) is 6.60. The Labute approximate surface area is 89.3 Å². The van der Waals surface area contributed by atoms with Crippen molar-refractivity contribution in [2.75, 3.05) is 13.2 Å². The van der Waals surface area contributed by atoms with E-state index < -0.39 is 0 Å². The van der Waals surface area contributed by atoms with Crippen LogP contribution >= 0.6 is 11.3 Å². The molecule has 1 aromatic heterocycles. The lowest BCUT2D eigenvalue weighted by atomic mass is 10.0. The number of rotatable bonds is 1. The standard InChI is InChI=1S/C11H17NOS/c1-8-6-13-11(3,7-12-8)10-5-4-9(2)14-10/h4-5,8,12H,6-7H2,1-3H3.